The van der Waals surface area contributed by atoms with Crippen molar-refractivity contribution in [3.8, 4) is 11.5 Å². The zero-order valence-corrected chi connectivity index (χ0v) is 22.7. The first-order valence-electron chi connectivity index (χ1n) is 11.6. The number of amides is 2. The smallest absolute Gasteiger partial charge is 0.266 e. The molecule has 0 unspecified atom stereocenters. The van der Waals surface area contributed by atoms with Gasteiger partial charge in [-0.15, -0.1) is 0 Å². The lowest BCUT2D eigenvalue weighted by Gasteiger charge is -2.23. The molecule has 0 aliphatic carbocycles. The number of thiocarbonyl (C=S) groups is 1. The molecule has 1 heterocycles. The summed E-state index contributed by atoms with van der Waals surface area (Å²) in [6.07, 6.45) is 1.79. The maximum atomic E-state index is 13.2. The van der Waals surface area contributed by atoms with Crippen LogP contribution in [-0.4, -0.2) is 34.2 Å². The first-order chi connectivity index (χ1) is 17.9. The quantitative estimate of drug-likeness (QED) is 0.235. The Labute approximate surface area is 230 Å². The topological polar surface area (TPSA) is 67.9 Å². The van der Waals surface area contributed by atoms with Crippen molar-refractivity contribution in [3.63, 3.8) is 0 Å². The van der Waals surface area contributed by atoms with Gasteiger partial charge in [0, 0.05) is 10.7 Å². The van der Waals surface area contributed by atoms with E-state index < -0.39 is 0 Å². The summed E-state index contributed by atoms with van der Waals surface area (Å²) in [6.45, 7) is 4.02. The van der Waals surface area contributed by atoms with Crippen LogP contribution in [0.5, 0.6) is 11.5 Å². The Morgan fingerprint density at radius 1 is 1.08 bits per heavy atom. The number of nitrogens with zero attached hydrogens (tertiary/aromatic N) is 1. The van der Waals surface area contributed by atoms with Crippen molar-refractivity contribution >= 4 is 63.5 Å². The molecule has 190 valence electrons. The first kappa shape index (κ1) is 26.7. The molecular formula is C28H25ClN2O4S2. The summed E-state index contributed by atoms with van der Waals surface area (Å²) in [6, 6.07) is 21.8. The molecular weight excluding hydrogens is 528 g/mol. The Balaban J connectivity index is 1.46. The molecule has 6 nitrogen and oxygen atoms in total. The average molecular weight is 553 g/mol. The summed E-state index contributed by atoms with van der Waals surface area (Å²) < 4.78 is 12.0. The van der Waals surface area contributed by atoms with Crippen molar-refractivity contribution in [2.24, 2.45) is 0 Å². The van der Waals surface area contributed by atoms with Crippen molar-refractivity contribution in [3.05, 3.63) is 93.9 Å². The second-order valence-electron chi connectivity index (χ2n) is 8.12. The van der Waals surface area contributed by atoms with Crippen LogP contribution < -0.4 is 14.8 Å². The van der Waals surface area contributed by atoms with E-state index in [4.69, 9.17) is 33.3 Å². The molecule has 0 bridgehead atoms. The molecule has 0 saturated carbocycles. The van der Waals surface area contributed by atoms with Gasteiger partial charge in [0.15, 0.2) is 18.1 Å². The van der Waals surface area contributed by atoms with Crippen LogP contribution in [-0.2, 0) is 9.59 Å². The van der Waals surface area contributed by atoms with E-state index in [0.717, 1.165) is 11.1 Å². The summed E-state index contributed by atoms with van der Waals surface area (Å²) in [4.78, 5) is 27.7. The van der Waals surface area contributed by atoms with E-state index in [-0.39, 0.29) is 24.5 Å². The van der Waals surface area contributed by atoms with Gasteiger partial charge in [-0.05, 0) is 61.4 Å². The van der Waals surface area contributed by atoms with E-state index in [0.29, 0.717) is 38.0 Å². The van der Waals surface area contributed by atoms with E-state index in [2.05, 4.69) is 5.32 Å². The number of rotatable bonds is 9. The fourth-order valence-corrected chi connectivity index (χ4v) is 5.36. The summed E-state index contributed by atoms with van der Waals surface area (Å²) >= 11 is 12.8. The highest BCUT2D eigenvalue weighted by atomic mass is 35.5. The van der Waals surface area contributed by atoms with E-state index in [9.17, 15) is 9.59 Å². The van der Waals surface area contributed by atoms with Crippen LogP contribution in [0.4, 0.5) is 5.69 Å². The van der Waals surface area contributed by atoms with Crippen molar-refractivity contribution in [2.75, 3.05) is 18.5 Å². The van der Waals surface area contributed by atoms with Crippen LogP contribution in [0, 0.1) is 0 Å². The van der Waals surface area contributed by atoms with Crippen molar-refractivity contribution in [2.45, 2.75) is 19.9 Å². The monoisotopic (exact) mass is 552 g/mol. The van der Waals surface area contributed by atoms with Gasteiger partial charge in [0.25, 0.3) is 11.8 Å². The van der Waals surface area contributed by atoms with Crippen LogP contribution in [0.1, 0.15) is 31.0 Å². The van der Waals surface area contributed by atoms with Gasteiger partial charge < -0.3 is 14.8 Å². The first-order valence-corrected chi connectivity index (χ1v) is 13.2. The number of halogens is 1. The summed E-state index contributed by atoms with van der Waals surface area (Å²) in [7, 11) is 0. The molecule has 4 rings (SSSR count). The molecule has 0 aromatic heterocycles. The second-order valence-corrected chi connectivity index (χ2v) is 10.2. The maximum Gasteiger partial charge on any atom is 0.266 e. The van der Waals surface area contributed by atoms with Crippen LogP contribution in [0.3, 0.4) is 0 Å². The normalized spacial score (nSPS) is 15.1. The summed E-state index contributed by atoms with van der Waals surface area (Å²) in [5.74, 6) is 0.428. The van der Waals surface area contributed by atoms with Gasteiger partial charge >= 0.3 is 0 Å². The highest BCUT2D eigenvalue weighted by molar-refractivity contribution is 8.26. The molecule has 1 saturated heterocycles. The minimum atomic E-state index is -0.329. The molecule has 3 aromatic rings. The van der Waals surface area contributed by atoms with Crippen LogP contribution in [0.15, 0.2) is 77.7 Å². The zero-order valence-electron chi connectivity index (χ0n) is 20.3. The lowest BCUT2D eigenvalue weighted by Crippen LogP contribution is -2.30. The molecule has 2 amide bonds. The lowest BCUT2D eigenvalue weighted by molar-refractivity contribution is -0.123. The Morgan fingerprint density at radius 2 is 1.86 bits per heavy atom. The number of hydrogen-bond acceptors (Lipinski definition) is 6. The van der Waals surface area contributed by atoms with Crippen molar-refractivity contribution in [1.82, 2.24) is 4.90 Å². The number of thioether (sulfide) groups is 1. The average Bonchev–Trinajstić information content (AvgIpc) is 3.16. The number of hydrogen-bond donors (Lipinski definition) is 1. The fraction of sp³-hybridized carbons (Fsp3) is 0.179. The molecule has 9 heteroatoms. The molecule has 1 N–H and O–H groups in total. The third-order valence-electron chi connectivity index (χ3n) is 5.53. The standard InChI is InChI=1S/C28H25ClN2O4S2/c1-3-34-24-14-19(12-13-23(24)35-17-26(32)30-22-11-7-10-21(29)16-22)15-25-27(33)31(28(36)37-25)18(2)20-8-5-4-6-9-20/h4-16,18H,3,17H2,1-2H3,(H,30,32)/b25-15-/t18-/m1/s1. The molecule has 0 radical (unpaired) electrons. The summed E-state index contributed by atoms with van der Waals surface area (Å²) in [5, 5.41) is 3.27. The molecule has 37 heavy (non-hydrogen) atoms. The summed E-state index contributed by atoms with van der Waals surface area (Å²) in [5.41, 5.74) is 2.35. The third kappa shape index (κ3) is 6.71. The number of benzene rings is 3. The predicted octanol–water partition coefficient (Wildman–Crippen LogP) is 6.72. The predicted molar refractivity (Wildman–Crippen MR) is 153 cm³/mol. The highest BCUT2D eigenvalue weighted by Gasteiger charge is 2.35. The fourth-order valence-electron chi connectivity index (χ4n) is 3.75. The van der Waals surface area contributed by atoms with Crippen molar-refractivity contribution in [1.29, 1.82) is 0 Å². The van der Waals surface area contributed by atoms with Gasteiger partial charge in [-0.3, -0.25) is 14.5 Å². The number of nitrogens with one attached hydrogen (secondary N) is 1. The van der Waals surface area contributed by atoms with Gasteiger partial charge in [0.1, 0.15) is 4.32 Å². The number of carbonyl (C=O) groups excluding carboxylic acids is 2. The van der Waals surface area contributed by atoms with Crippen LogP contribution in [0.25, 0.3) is 6.08 Å². The Bertz CT molecular complexity index is 1350. The molecule has 1 fully saturated rings. The lowest BCUT2D eigenvalue weighted by atomic mass is 10.1. The SMILES string of the molecule is CCOc1cc(/C=C2\SC(=S)N([C@H](C)c3ccccc3)C2=O)ccc1OCC(=O)Nc1cccc(Cl)c1. The molecule has 1 atom stereocenters. The Morgan fingerprint density at radius 3 is 2.59 bits per heavy atom. The van der Waals surface area contributed by atoms with Crippen molar-refractivity contribution < 1.29 is 19.1 Å². The largest absolute Gasteiger partial charge is 0.490 e. The Kier molecular flexibility index (Phi) is 8.87. The zero-order chi connectivity index (χ0) is 26.4. The van der Waals surface area contributed by atoms with E-state index >= 15 is 0 Å². The molecule has 1 aliphatic rings. The van der Waals surface area contributed by atoms with Gasteiger partial charge in [-0.2, -0.15) is 0 Å². The third-order valence-corrected chi connectivity index (χ3v) is 7.09. The number of anilines is 1. The van der Waals surface area contributed by atoms with E-state index in [1.165, 1.54) is 11.8 Å². The van der Waals surface area contributed by atoms with Crippen LogP contribution in [0.2, 0.25) is 5.02 Å². The van der Waals surface area contributed by atoms with E-state index in [1.807, 2.05) is 44.2 Å². The van der Waals surface area contributed by atoms with Gasteiger partial charge in [0.2, 0.25) is 0 Å². The van der Waals surface area contributed by atoms with E-state index in [1.54, 1.807) is 53.4 Å². The molecule has 0 spiro atoms. The maximum absolute atomic E-state index is 13.2. The Hall–Kier alpha value is -3.33. The van der Waals surface area contributed by atoms with Gasteiger partial charge in [-0.25, -0.2) is 0 Å². The number of carbonyl (C=O) groups is 2. The number of ether oxygens (including phenoxy) is 2. The minimum Gasteiger partial charge on any atom is -0.490 e. The highest BCUT2D eigenvalue weighted by Crippen LogP contribution is 2.39. The molecule has 1 aliphatic heterocycles. The minimum absolute atomic E-state index is 0.137. The molecule has 3 aromatic carbocycles. The van der Waals surface area contributed by atoms with Crippen LogP contribution >= 0.6 is 35.6 Å². The van der Waals surface area contributed by atoms with Gasteiger partial charge in [0.05, 0.1) is 17.6 Å². The van der Waals surface area contributed by atoms with Gasteiger partial charge in [-0.1, -0.05) is 78.0 Å². The second kappa shape index (κ2) is 12.3.